The van der Waals surface area contributed by atoms with Crippen molar-refractivity contribution in [3.63, 3.8) is 0 Å². The quantitative estimate of drug-likeness (QED) is 0.300. The number of unbranched alkanes of at least 4 members (excludes halogenated alkanes) is 2. The van der Waals surface area contributed by atoms with E-state index in [9.17, 15) is 4.79 Å². The number of nitrogens with one attached hydrogen (secondary N) is 1. The number of aromatic nitrogens is 5. The summed E-state index contributed by atoms with van der Waals surface area (Å²) in [6, 6.07) is 7.27. The molecule has 0 radical (unpaired) electrons. The van der Waals surface area contributed by atoms with Gasteiger partial charge in [0.15, 0.2) is 17.2 Å². The lowest BCUT2D eigenvalue weighted by Gasteiger charge is -2.12. The molecule has 0 aliphatic carbocycles. The van der Waals surface area contributed by atoms with E-state index in [2.05, 4.69) is 34.5 Å². The molecule has 1 aromatic carbocycles. The van der Waals surface area contributed by atoms with Gasteiger partial charge in [-0.1, -0.05) is 26.7 Å². The predicted octanol–water partition coefficient (Wildman–Crippen LogP) is 4.20. The molecular weight excluding hydrogens is 426 g/mol. The van der Waals surface area contributed by atoms with Crippen molar-refractivity contribution in [3.05, 3.63) is 30.0 Å². The lowest BCUT2D eigenvalue weighted by molar-refractivity contribution is 0.0511. The number of carbonyl (C=O) groups is 1. The smallest absolute Gasteiger partial charge is 0.359 e. The molecule has 178 valence electrons. The van der Waals surface area contributed by atoms with Gasteiger partial charge in [-0.25, -0.2) is 4.79 Å². The SMILES string of the molecule is CCCCOc1c(OCCCC)c(-c2nn[nH]n2)n(-c2ccc(OC)cc2)c1C(=O)OCC. The molecule has 33 heavy (non-hydrogen) atoms. The summed E-state index contributed by atoms with van der Waals surface area (Å²) in [7, 11) is 1.60. The number of benzene rings is 1. The molecule has 0 aliphatic rings. The Bertz CT molecular complexity index is 1020. The second-order valence-electron chi connectivity index (χ2n) is 7.25. The number of rotatable bonds is 13. The molecule has 0 aliphatic heterocycles. The van der Waals surface area contributed by atoms with E-state index in [1.54, 1.807) is 30.7 Å². The van der Waals surface area contributed by atoms with Crippen molar-refractivity contribution in [3.8, 4) is 34.5 Å². The molecule has 1 N–H and O–H groups in total. The van der Waals surface area contributed by atoms with E-state index in [1.165, 1.54) is 0 Å². The van der Waals surface area contributed by atoms with E-state index >= 15 is 0 Å². The number of hydrogen-bond donors (Lipinski definition) is 1. The van der Waals surface area contributed by atoms with E-state index in [0.717, 1.165) is 25.7 Å². The molecule has 0 amide bonds. The molecule has 3 aromatic rings. The fourth-order valence-corrected chi connectivity index (χ4v) is 3.27. The van der Waals surface area contributed by atoms with Gasteiger partial charge >= 0.3 is 5.97 Å². The van der Waals surface area contributed by atoms with Crippen molar-refractivity contribution in [2.24, 2.45) is 0 Å². The third-order valence-corrected chi connectivity index (χ3v) is 4.93. The number of methoxy groups -OCH3 is 1. The molecule has 0 atom stereocenters. The maximum Gasteiger partial charge on any atom is 0.359 e. The van der Waals surface area contributed by atoms with Gasteiger partial charge in [-0.3, -0.25) is 4.57 Å². The first kappa shape index (κ1) is 24.1. The monoisotopic (exact) mass is 457 g/mol. The summed E-state index contributed by atoms with van der Waals surface area (Å²) in [5.41, 5.74) is 1.34. The Kier molecular flexibility index (Phi) is 8.68. The molecule has 2 aromatic heterocycles. The first-order chi connectivity index (χ1) is 16.2. The number of ether oxygens (including phenoxy) is 4. The summed E-state index contributed by atoms with van der Waals surface area (Å²) in [4.78, 5) is 13.2. The molecule has 0 saturated heterocycles. The van der Waals surface area contributed by atoms with Gasteiger partial charge in [0.1, 0.15) is 11.4 Å². The normalized spacial score (nSPS) is 10.8. The highest BCUT2D eigenvalue weighted by molar-refractivity contribution is 5.96. The van der Waals surface area contributed by atoms with Gasteiger partial charge in [0.25, 0.3) is 0 Å². The molecule has 0 spiro atoms. The fourth-order valence-electron chi connectivity index (χ4n) is 3.27. The van der Waals surface area contributed by atoms with Crippen LogP contribution in [0.25, 0.3) is 17.2 Å². The maximum absolute atomic E-state index is 13.2. The lowest BCUT2D eigenvalue weighted by atomic mass is 10.2. The highest BCUT2D eigenvalue weighted by atomic mass is 16.5. The maximum atomic E-state index is 13.2. The minimum absolute atomic E-state index is 0.212. The van der Waals surface area contributed by atoms with E-state index in [1.807, 2.05) is 12.1 Å². The highest BCUT2D eigenvalue weighted by Gasteiger charge is 2.34. The van der Waals surface area contributed by atoms with Crippen LogP contribution in [0.2, 0.25) is 0 Å². The minimum atomic E-state index is -0.532. The Hall–Kier alpha value is -3.56. The fraction of sp³-hybridized carbons (Fsp3) is 0.478. The lowest BCUT2D eigenvalue weighted by Crippen LogP contribution is -2.14. The Labute approximate surface area is 193 Å². The number of hydrogen-bond acceptors (Lipinski definition) is 8. The predicted molar refractivity (Wildman–Crippen MR) is 122 cm³/mol. The molecule has 2 heterocycles. The topological polar surface area (TPSA) is 113 Å². The van der Waals surface area contributed by atoms with Crippen LogP contribution in [0, 0.1) is 0 Å². The average Bonchev–Trinajstić information content (AvgIpc) is 3.46. The summed E-state index contributed by atoms with van der Waals surface area (Å²) < 4.78 is 24.7. The summed E-state index contributed by atoms with van der Waals surface area (Å²) >= 11 is 0. The molecule has 10 nitrogen and oxygen atoms in total. The van der Waals surface area contributed by atoms with Crippen LogP contribution >= 0.6 is 0 Å². The first-order valence-electron chi connectivity index (χ1n) is 11.3. The second kappa shape index (κ2) is 11.9. The zero-order valence-corrected chi connectivity index (χ0v) is 19.6. The summed E-state index contributed by atoms with van der Waals surface area (Å²) in [5, 5.41) is 14.5. The van der Waals surface area contributed by atoms with E-state index < -0.39 is 5.97 Å². The van der Waals surface area contributed by atoms with Crippen molar-refractivity contribution >= 4 is 5.97 Å². The summed E-state index contributed by atoms with van der Waals surface area (Å²) in [5.74, 6) is 1.13. The van der Waals surface area contributed by atoms with Gasteiger partial charge in [-0.05, 0) is 49.2 Å². The van der Waals surface area contributed by atoms with Gasteiger partial charge in [-0.2, -0.15) is 5.21 Å². The summed E-state index contributed by atoms with van der Waals surface area (Å²) in [6.07, 6.45) is 3.55. The molecule has 0 saturated carbocycles. The zero-order valence-electron chi connectivity index (χ0n) is 19.6. The van der Waals surface area contributed by atoms with Crippen LogP contribution in [0.4, 0.5) is 0 Å². The molecule has 3 rings (SSSR count). The summed E-state index contributed by atoms with van der Waals surface area (Å²) in [6.45, 7) is 6.99. The Balaban J connectivity index is 2.29. The standard InChI is InChI=1S/C23H31N5O5/c1-5-8-14-32-20-18(22-24-26-27-25-22)28(16-10-12-17(30-4)13-11-16)19(23(29)31-7-3)21(20)33-15-9-6-2/h10-13H,5-9,14-15H2,1-4H3,(H,24,25,26,27). The number of H-pyrrole nitrogens is 1. The first-order valence-corrected chi connectivity index (χ1v) is 11.3. The molecule has 0 bridgehead atoms. The van der Waals surface area contributed by atoms with Gasteiger partial charge < -0.3 is 18.9 Å². The van der Waals surface area contributed by atoms with Crippen LogP contribution in [0.15, 0.2) is 24.3 Å². The second-order valence-corrected chi connectivity index (χ2v) is 7.25. The third-order valence-electron chi connectivity index (χ3n) is 4.93. The van der Waals surface area contributed by atoms with E-state index in [0.29, 0.717) is 41.8 Å². The van der Waals surface area contributed by atoms with Gasteiger partial charge in [-0.15, -0.1) is 10.2 Å². The number of nitrogens with zero attached hydrogens (tertiary/aromatic N) is 4. The molecule has 0 fully saturated rings. The van der Waals surface area contributed by atoms with E-state index in [4.69, 9.17) is 18.9 Å². The van der Waals surface area contributed by atoms with Crippen molar-refractivity contribution in [2.75, 3.05) is 26.9 Å². The van der Waals surface area contributed by atoms with Crippen LogP contribution in [0.5, 0.6) is 17.2 Å². The minimum Gasteiger partial charge on any atom is -0.497 e. The van der Waals surface area contributed by atoms with Crippen molar-refractivity contribution in [2.45, 2.75) is 46.5 Å². The van der Waals surface area contributed by atoms with Gasteiger partial charge in [0, 0.05) is 5.69 Å². The van der Waals surface area contributed by atoms with Gasteiger partial charge in [0.05, 0.1) is 26.9 Å². The van der Waals surface area contributed by atoms with Crippen LogP contribution in [0.1, 0.15) is 56.9 Å². The third kappa shape index (κ3) is 5.44. The average molecular weight is 458 g/mol. The van der Waals surface area contributed by atoms with Crippen LogP contribution in [-0.4, -0.2) is 58.1 Å². The Morgan fingerprint density at radius 1 is 1.00 bits per heavy atom. The van der Waals surface area contributed by atoms with Crippen molar-refractivity contribution < 1.29 is 23.7 Å². The zero-order chi connectivity index (χ0) is 23.6. The largest absolute Gasteiger partial charge is 0.497 e. The van der Waals surface area contributed by atoms with E-state index in [-0.39, 0.29) is 18.1 Å². The Morgan fingerprint density at radius 3 is 2.21 bits per heavy atom. The number of esters is 1. The molecular formula is C23H31N5O5. The number of carbonyl (C=O) groups excluding carboxylic acids is 1. The number of tetrazole rings is 1. The molecule has 10 heteroatoms. The van der Waals surface area contributed by atoms with Crippen molar-refractivity contribution in [1.29, 1.82) is 0 Å². The highest BCUT2D eigenvalue weighted by Crippen LogP contribution is 2.45. The molecule has 0 unspecified atom stereocenters. The number of aromatic amines is 1. The van der Waals surface area contributed by atoms with Crippen LogP contribution in [0.3, 0.4) is 0 Å². The van der Waals surface area contributed by atoms with Crippen molar-refractivity contribution in [1.82, 2.24) is 25.2 Å². The van der Waals surface area contributed by atoms with Crippen LogP contribution in [-0.2, 0) is 4.74 Å². The van der Waals surface area contributed by atoms with Crippen LogP contribution < -0.4 is 14.2 Å². The Morgan fingerprint density at radius 2 is 1.67 bits per heavy atom. The van der Waals surface area contributed by atoms with Gasteiger partial charge in [0.2, 0.25) is 5.82 Å².